The molecule has 2 heterocycles. The Balaban J connectivity index is 1.83. The third-order valence-electron chi connectivity index (χ3n) is 4.89. The topological polar surface area (TPSA) is 145 Å². The van der Waals surface area contributed by atoms with Gasteiger partial charge in [0, 0.05) is 50.0 Å². The highest BCUT2D eigenvalue weighted by Gasteiger charge is 2.12. The number of carbonyl (C=O) groups excluding carboxylic acids is 2. The van der Waals surface area contributed by atoms with Gasteiger partial charge in [0.1, 0.15) is 5.82 Å². The number of nitrogens with one attached hydrogen (secondary N) is 4. The Morgan fingerprint density at radius 3 is 2.52 bits per heavy atom. The zero-order chi connectivity index (χ0) is 23.6. The fourth-order valence-electron chi connectivity index (χ4n) is 3.35. The normalized spacial score (nSPS) is 10.5. The molecular formula is C23H26N6O4. The van der Waals surface area contributed by atoms with Crippen LogP contribution in [0.15, 0.2) is 48.9 Å². The number of carbonyl (C=O) groups is 3. The number of hydrogen-bond donors (Lipinski definition) is 5. The minimum Gasteiger partial charge on any atom is -0.465 e. The van der Waals surface area contributed by atoms with Crippen LogP contribution in [0.1, 0.15) is 25.3 Å². The zero-order valence-electron chi connectivity index (χ0n) is 18.2. The summed E-state index contributed by atoms with van der Waals surface area (Å²) in [6.07, 6.45) is 4.62. The minimum absolute atomic E-state index is 0.170. The van der Waals surface area contributed by atoms with Gasteiger partial charge in [-0.25, -0.2) is 14.6 Å². The first-order chi connectivity index (χ1) is 16.0. The van der Waals surface area contributed by atoms with E-state index in [1.807, 2.05) is 37.3 Å². The summed E-state index contributed by atoms with van der Waals surface area (Å²) < 4.78 is 0. The van der Waals surface area contributed by atoms with Crippen LogP contribution in [0, 0.1) is 0 Å². The van der Waals surface area contributed by atoms with Crippen LogP contribution in [0.25, 0.3) is 21.9 Å². The molecule has 0 aliphatic carbocycles. The highest BCUT2D eigenvalue weighted by atomic mass is 16.4. The maximum absolute atomic E-state index is 12.2. The summed E-state index contributed by atoms with van der Waals surface area (Å²) in [5.41, 5.74) is 2.78. The quantitative estimate of drug-likeness (QED) is 0.317. The summed E-state index contributed by atoms with van der Waals surface area (Å²) in [6, 6.07) is 9.17. The first-order valence-corrected chi connectivity index (χ1v) is 10.6. The van der Waals surface area contributed by atoms with Gasteiger partial charge in [0.2, 0.25) is 5.91 Å². The van der Waals surface area contributed by atoms with Crippen molar-refractivity contribution in [3.8, 4) is 11.1 Å². The van der Waals surface area contributed by atoms with Crippen molar-refractivity contribution in [3.63, 3.8) is 0 Å². The van der Waals surface area contributed by atoms with E-state index in [2.05, 4.69) is 31.2 Å². The highest BCUT2D eigenvalue weighted by molar-refractivity contribution is 6.00. The van der Waals surface area contributed by atoms with Crippen LogP contribution in [-0.4, -0.2) is 46.2 Å². The number of amides is 4. The number of carboxylic acid groups (broad SMARTS) is 1. The molecule has 10 heteroatoms. The Hall–Kier alpha value is -4.21. The largest absolute Gasteiger partial charge is 0.465 e. The number of nitrogens with zero attached hydrogens (tertiary/aromatic N) is 2. The summed E-state index contributed by atoms with van der Waals surface area (Å²) in [6.45, 7) is 2.84. The lowest BCUT2D eigenvalue weighted by Crippen LogP contribution is -2.28. The van der Waals surface area contributed by atoms with Crippen molar-refractivity contribution < 1.29 is 19.5 Å². The Morgan fingerprint density at radius 2 is 1.79 bits per heavy atom. The second-order valence-electron chi connectivity index (χ2n) is 7.22. The predicted octanol–water partition coefficient (Wildman–Crippen LogP) is 3.10. The standard InChI is InChI=1S/C23H26N6O4/c1-2-25-22(31)29-20-12-18-17(15-7-10-24-11-8-15)6-5-16(19(18)14-27-20)13-28-21(30)4-3-9-26-23(32)33/h5-8,10-12,14,26H,2-4,9,13H2,1H3,(H,28,30)(H,32,33)(H2,25,27,29,31). The average Bonchev–Trinajstić information content (AvgIpc) is 2.80. The van der Waals surface area contributed by atoms with Crippen LogP contribution >= 0.6 is 0 Å². The zero-order valence-corrected chi connectivity index (χ0v) is 18.2. The number of fused-ring (bicyclic) bond motifs is 1. The molecule has 0 atom stereocenters. The summed E-state index contributed by atoms with van der Waals surface area (Å²) >= 11 is 0. The molecule has 2 aromatic heterocycles. The van der Waals surface area contributed by atoms with Crippen LogP contribution in [-0.2, 0) is 11.3 Å². The third kappa shape index (κ3) is 6.63. The van der Waals surface area contributed by atoms with Crippen molar-refractivity contribution in [2.75, 3.05) is 18.4 Å². The fraction of sp³-hybridized carbons (Fsp3) is 0.261. The number of pyridine rings is 2. The molecule has 0 unspecified atom stereocenters. The molecule has 0 aliphatic heterocycles. The lowest BCUT2D eigenvalue weighted by molar-refractivity contribution is -0.121. The van der Waals surface area contributed by atoms with Crippen LogP contribution < -0.4 is 21.3 Å². The first-order valence-electron chi connectivity index (χ1n) is 10.6. The summed E-state index contributed by atoms with van der Waals surface area (Å²) in [5.74, 6) is 0.243. The monoisotopic (exact) mass is 450 g/mol. The molecule has 0 saturated carbocycles. The molecule has 3 rings (SSSR count). The van der Waals surface area contributed by atoms with Crippen LogP contribution in [0.2, 0.25) is 0 Å². The Morgan fingerprint density at radius 1 is 1.00 bits per heavy atom. The number of urea groups is 1. The number of anilines is 1. The van der Waals surface area contributed by atoms with Gasteiger partial charge in [0.25, 0.3) is 0 Å². The van der Waals surface area contributed by atoms with E-state index in [1.54, 1.807) is 18.6 Å². The first kappa shape index (κ1) is 23.5. The maximum atomic E-state index is 12.2. The minimum atomic E-state index is -1.11. The van der Waals surface area contributed by atoms with Crippen molar-refractivity contribution in [2.45, 2.75) is 26.3 Å². The van der Waals surface area contributed by atoms with E-state index in [9.17, 15) is 14.4 Å². The number of benzene rings is 1. The average molecular weight is 450 g/mol. The van der Waals surface area contributed by atoms with Gasteiger partial charge in [0.05, 0.1) is 0 Å². The number of aromatic nitrogens is 2. The molecule has 33 heavy (non-hydrogen) atoms. The number of rotatable bonds is 9. The molecular weight excluding hydrogens is 424 g/mol. The fourth-order valence-corrected chi connectivity index (χ4v) is 3.35. The molecule has 1 aromatic carbocycles. The van der Waals surface area contributed by atoms with E-state index >= 15 is 0 Å². The molecule has 0 fully saturated rings. The van der Waals surface area contributed by atoms with E-state index in [0.29, 0.717) is 25.3 Å². The predicted molar refractivity (Wildman–Crippen MR) is 125 cm³/mol. The van der Waals surface area contributed by atoms with E-state index in [-0.39, 0.29) is 24.9 Å². The van der Waals surface area contributed by atoms with Crippen LogP contribution in [0.5, 0.6) is 0 Å². The summed E-state index contributed by atoms with van der Waals surface area (Å²) in [7, 11) is 0. The molecule has 3 aromatic rings. The molecule has 0 bridgehead atoms. The molecule has 172 valence electrons. The molecule has 0 saturated heterocycles. The van der Waals surface area contributed by atoms with E-state index < -0.39 is 6.09 Å². The Bertz CT molecular complexity index is 1140. The molecule has 0 spiro atoms. The highest BCUT2D eigenvalue weighted by Crippen LogP contribution is 2.31. The van der Waals surface area contributed by atoms with Gasteiger partial charge in [-0.15, -0.1) is 0 Å². The van der Waals surface area contributed by atoms with Crippen LogP contribution in [0.3, 0.4) is 0 Å². The maximum Gasteiger partial charge on any atom is 0.404 e. The van der Waals surface area contributed by atoms with Gasteiger partial charge >= 0.3 is 12.1 Å². The van der Waals surface area contributed by atoms with Crippen molar-refractivity contribution >= 4 is 34.6 Å². The van der Waals surface area contributed by atoms with Crippen molar-refractivity contribution in [2.24, 2.45) is 0 Å². The van der Waals surface area contributed by atoms with Crippen molar-refractivity contribution in [3.05, 3.63) is 54.5 Å². The molecule has 4 amide bonds. The molecule has 10 nitrogen and oxygen atoms in total. The van der Waals surface area contributed by atoms with Gasteiger partial charge in [0.15, 0.2) is 0 Å². The van der Waals surface area contributed by atoms with E-state index in [4.69, 9.17) is 5.11 Å². The van der Waals surface area contributed by atoms with Crippen molar-refractivity contribution in [1.29, 1.82) is 0 Å². The second-order valence-corrected chi connectivity index (χ2v) is 7.22. The molecule has 0 radical (unpaired) electrons. The summed E-state index contributed by atoms with van der Waals surface area (Å²) in [4.78, 5) is 43.0. The van der Waals surface area contributed by atoms with Gasteiger partial charge in [-0.05, 0) is 53.6 Å². The lowest BCUT2D eigenvalue weighted by atomic mass is 9.96. The molecule has 0 aliphatic rings. The molecule has 5 N–H and O–H groups in total. The Kier molecular flexibility index (Phi) is 8.12. The number of hydrogen-bond acceptors (Lipinski definition) is 5. The third-order valence-corrected chi connectivity index (χ3v) is 4.89. The van der Waals surface area contributed by atoms with Gasteiger partial charge in [-0.1, -0.05) is 12.1 Å². The lowest BCUT2D eigenvalue weighted by Gasteiger charge is -2.14. The van der Waals surface area contributed by atoms with Gasteiger partial charge < -0.3 is 21.1 Å². The van der Waals surface area contributed by atoms with E-state index in [1.165, 1.54) is 0 Å². The van der Waals surface area contributed by atoms with Gasteiger partial charge in [-0.2, -0.15) is 0 Å². The second kappa shape index (κ2) is 11.4. The van der Waals surface area contributed by atoms with Gasteiger partial charge in [-0.3, -0.25) is 15.1 Å². The SMILES string of the molecule is CCNC(=O)Nc1cc2c(-c3ccncc3)ccc(CNC(=O)CCCNC(=O)O)c2cn1. The van der Waals surface area contributed by atoms with E-state index in [0.717, 1.165) is 27.5 Å². The Labute approximate surface area is 190 Å². The smallest absolute Gasteiger partial charge is 0.404 e. The van der Waals surface area contributed by atoms with Crippen LogP contribution in [0.4, 0.5) is 15.4 Å². The van der Waals surface area contributed by atoms with Crippen molar-refractivity contribution in [1.82, 2.24) is 25.9 Å². The summed E-state index contributed by atoms with van der Waals surface area (Å²) in [5, 5.41) is 20.8.